The standard InChI is InChI=1S/C14H17NS/c1-3-15-8-13-9-16-10-14(13)12-6-4-5-11(2)7-12/h4-7,9-10,15H,3,8H2,1-2H3. The van der Waals surface area contributed by atoms with Crippen LogP contribution >= 0.6 is 11.3 Å². The Balaban J connectivity index is 2.29. The Morgan fingerprint density at radius 2 is 2.12 bits per heavy atom. The van der Waals surface area contributed by atoms with Gasteiger partial charge in [0, 0.05) is 6.54 Å². The van der Waals surface area contributed by atoms with Gasteiger partial charge in [0.05, 0.1) is 0 Å². The van der Waals surface area contributed by atoms with Crippen molar-refractivity contribution in [3.05, 3.63) is 46.2 Å². The van der Waals surface area contributed by atoms with Crippen molar-refractivity contribution in [2.24, 2.45) is 0 Å². The minimum atomic E-state index is 0.962. The Morgan fingerprint density at radius 3 is 2.88 bits per heavy atom. The SMILES string of the molecule is CCNCc1cscc1-c1cccc(C)c1. The van der Waals surface area contributed by atoms with Gasteiger partial charge in [-0.25, -0.2) is 0 Å². The molecule has 2 rings (SSSR count). The third-order valence-corrected chi connectivity index (χ3v) is 3.43. The fourth-order valence-electron chi connectivity index (χ4n) is 1.79. The van der Waals surface area contributed by atoms with Crippen molar-refractivity contribution in [3.8, 4) is 11.1 Å². The Kier molecular flexibility index (Phi) is 3.75. The van der Waals surface area contributed by atoms with Gasteiger partial charge in [-0.1, -0.05) is 36.8 Å². The molecule has 1 nitrogen and oxygen atoms in total. The van der Waals surface area contributed by atoms with E-state index in [0.29, 0.717) is 0 Å². The van der Waals surface area contributed by atoms with E-state index in [4.69, 9.17) is 0 Å². The molecular weight excluding hydrogens is 214 g/mol. The van der Waals surface area contributed by atoms with Gasteiger partial charge in [0.25, 0.3) is 0 Å². The van der Waals surface area contributed by atoms with Gasteiger partial charge >= 0.3 is 0 Å². The minimum absolute atomic E-state index is 0.962. The first kappa shape index (κ1) is 11.4. The Morgan fingerprint density at radius 1 is 1.25 bits per heavy atom. The van der Waals surface area contributed by atoms with Crippen LogP contribution in [0.25, 0.3) is 11.1 Å². The van der Waals surface area contributed by atoms with Crippen LogP contribution in [-0.4, -0.2) is 6.54 Å². The molecule has 1 heterocycles. The van der Waals surface area contributed by atoms with Crippen LogP contribution in [0.15, 0.2) is 35.0 Å². The van der Waals surface area contributed by atoms with Crippen LogP contribution in [0, 0.1) is 6.92 Å². The summed E-state index contributed by atoms with van der Waals surface area (Å²) < 4.78 is 0. The number of aryl methyl sites for hydroxylation is 1. The molecule has 0 spiro atoms. The molecule has 0 unspecified atom stereocenters. The Bertz CT molecular complexity index is 459. The number of hydrogen-bond acceptors (Lipinski definition) is 2. The van der Waals surface area contributed by atoms with Crippen molar-refractivity contribution in [1.29, 1.82) is 0 Å². The van der Waals surface area contributed by atoms with Crippen LogP contribution in [0.2, 0.25) is 0 Å². The molecule has 0 radical (unpaired) electrons. The summed E-state index contributed by atoms with van der Waals surface area (Å²) >= 11 is 1.78. The van der Waals surface area contributed by atoms with E-state index in [0.717, 1.165) is 13.1 Å². The zero-order chi connectivity index (χ0) is 11.4. The van der Waals surface area contributed by atoms with Crippen LogP contribution < -0.4 is 5.32 Å². The highest BCUT2D eigenvalue weighted by atomic mass is 32.1. The fraction of sp³-hybridized carbons (Fsp3) is 0.286. The zero-order valence-electron chi connectivity index (χ0n) is 9.79. The summed E-state index contributed by atoms with van der Waals surface area (Å²) in [6.45, 7) is 6.25. The average molecular weight is 231 g/mol. The van der Waals surface area contributed by atoms with E-state index in [1.807, 2.05) is 0 Å². The molecule has 84 valence electrons. The van der Waals surface area contributed by atoms with Gasteiger partial charge in [-0.05, 0) is 40.9 Å². The molecule has 1 aromatic heterocycles. The topological polar surface area (TPSA) is 12.0 Å². The monoisotopic (exact) mass is 231 g/mol. The van der Waals surface area contributed by atoms with Gasteiger partial charge in [0.2, 0.25) is 0 Å². The maximum Gasteiger partial charge on any atom is 0.0219 e. The van der Waals surface area contributed by atoms with Crippen molar-refractivity contribution >= 4 is 11.3 Å². The second-order valence-electron chi connectivity index (χ2n) is 3.96. The number of nitrogens with one attached hydrogen (secondary N) is 1. The van der Waals surface area contributed by atoms with Gasteiger partial charge in [0.1, 0.15) is 0 Å². The molecule has 2 aromatic rings. The maximum absolute atomic E-state index is 3.38. The molecule has 0 atom stereocenters. The molecule has 0 aliphatic rings. The quantitative estimate of drug-likeness (QED) is 0.843. The van der Waals surface area contributed by atoms with Gasteiger partial charge in [-0.3, -0.25) is 0 Å². The second kappa shape index (κ2) is 5.28. The summed E-state index contributed by atoms with van der Waals surface area (Å²) in [5.74, 6) is 0. The smallest absolute Gasteiger partial charge is 0.0219 e. The minimum Gasteiger partial charge on any atom is -0.313 e. The van der Waals surface area contributed by atoms with Gasteiger partial charge < -0.3 is 5.32 Å². The number of benzene rings is 1. The molecular formula is C14H17NS. The van der Waals surface area contributed by atoms with Crippen molar-refractivity contribution in [3.63, 3.8) is 0 Å². The second-order valence-corrected chi connectivity index (χ2v) is 4.70. The third-order valence-electron chi connectivity index (χ3n) is 2.64. The van der Waals surface area contributed by atoms with E-state index in [-0.39, 0.29) is 0 Å². The lowest BCUT2D eigenvalue weighted by atomic mass is 10.0. The summed E-state index contributed by atoms with van der Waals surface area (Å²) in [7, 11) is 0. The van der Waals surface area contributed by atoms with Crippen molar-refractivity contribution in [2.45, 2.75) is 20.4 Å². The lowest BCUT2D eigenvalue weighted by Crippen LogP contribution is -2.11. The lowest BCUT2D eigenvalue weighted by molar-refractivity contribution is 0.729. The fourth-order valence-corrected chi connectivity index (χ4v) is 2.65. The van der Waals surface area contributed by atoms with Crippen LogP contribution in [0.3, 0.4) is 0 Å². The predicted octanol–water partition coefficient (Wildman–Crippen LogP) is 3.83. The molecule has 0 amide bonds. The molecule has 1 aromatic carbocycles. The summed E-state index contributed by atoms with van der Waals surface area (Å²) in [6, 6.07) is 8.70. The summed E-state index contributed by atoms with van der Waals surface area (Å²) in [6.07, 6.45) is 0. The summed E-state index contributed by atoms with van der Waals surface area (Å²) in [4.78, 5) is 0. The molecule has 0 saturated carbocycles. The highest BCUT2D eigenvalue weighted by Gasteiger charge is 2.05. The molecule has 0 aliphatic heterocycles. The van der Waals surface area contributed by atoms with E-state index < -0.39 is 0 Å². The first-order chi connectivity index (χ1) is 7.81. The third kappa shape index (κ3) is 2.52. The van der Waals surface area contributed by atoms with Crippen molar-refractivity contribution < 1.29 is 0 Å². The molecule has 0 saturated heterocycles. The first-order valence-corrected chi connectivity index (χ1v) is 6.58. The van der Waals surface area contributed by atoms with E-state index in [2.05, 4.69) is 54.2 Å². The largest absolute Gasteiger partial charge is 0.313 e. The van der Waals surface area contributed by atoms with Crippen molar-refractivity contribution in [1.82, 2.24) is 5.32 Å². The predicted molar refractivity (Wildman–Crippen MR) is 71.9 cm³/mol. The highest BCUT2D eigenvalue weighted by Crippen LogP contribution is 2.27. The number of thiophene rings is 1. The number of hydrogen-bond donors (Lipinski definition) is 1. The molecule has 2 heteroatoms. The summed E-state index contributed by atoms with van der Waals surface area (Å²) in [5.41, 5.74) is 5.42. The lowest BCUT2D eigenvalue weighted by Gasteiger charge is -2.05. The average Bonchev–Trinajstić information content (AvgIpc) is 2.74. The van der Waals surface area contributed by atoms with Gasteiger partial charge in [0.15, 0.2) is 0 Å². The molecule has 0 bridgehead atoms. The van der Waals surface area contributed by atoms with E-state index in [1.54, 1.807) is 11.3 Å². The van der Waals surface area contributed by atoms with Crippen LogP contribution in [0.5, 0.6) is 0 Å². The Hall–Kier alpha value is -1.12. The Labute approximate surface area is 101 Å². The first-order valence-electron chi connectivity index (χ1n) is 5.64. The van der Waals surface area contributed by atoms with E-state index in [9.17, 15) is 0 Å². The number of rotatable bonds is 4. The van der Waals surface area contributed by atoms with Gasteiger partial charge in [-0.2, -0.15) is 11.3 Å². The van der Waals surface area contributed by atoms with Gasteiger partial charge in [-0.15, -0.1) is 0 Å². The molecule has 16 heavy (non-hydrogen) atoms. The maximum atomic E-state index is 3.38. The molecule has 1 N–H and O–H groups in total. The highest BCUT2D eigenvalue weighted by molar-refractivity contribution is 7.08. The van der Waals surface area contributed by atoms with Crippen LogP contribution in [-0.2, 0) is 6.54 Å². The van der Waals surface area contributed by atoms with E-state index in [1.165, 1.54) is 22.3 Å². The normalized spacial score (nSPS) is 10.6. The van der Waals surface area contributed by atoms with Crippen LogP contribution in [0.4, 0.5) is 0 Å². The molecule has 0 aliphatic carbocycles. The summed E-state index contributed by atoms with van der Waals surface area (Å²) in [5, 5.41) is 7.86. The van der Waals surface area contributed by atoms with Crippen LogP contribution in [0.1, 0.15) is 18.1 Å². The van der Waals surface area contributed by atoms with E-state index >= 15 is 0 Å². The van der Waals surface area contributed by atoms with Crippen molar-refractivity contribution in [2.75, 3.05) is 6.54 Å². The molecule has 0 fully saturated rings. The zero-order valence-corrected chi connectivity index (χ0v) is 10.6.